The van der Waals surface area contributed by atoms with Crippen LogP contribution in [-0.4, -0.2) is 20.9 Å². The van der Waals surface area contributed by atoms with Gasteiger partial charge in [0.2, 0.25) is 0 Å². The van der Waals surface area contributed by atoms with Crippen molar-refractivity contribution in [1.29, 1.82) is 0 Å². The molecule has 8 nitrogen and oxygen atoms in total. The van der Waals surface area contributed by atoms with Crippen LogP contribution < -0.4 is 0 Å². The van der Waals surface area contributed by atoms with Gasteiger partial charge in [-0.05, 0) is 23.8 Å². The molecule has 0 amide bonds. The maximum absolute atomic E-state index is 11.0. The van der Waals surface area contributed by atoms with E-state index in [4.69, 9.17) is 5.11 Å². The van der Waals surface area contributed by atoms with Gasteiger partial charge in [0.15, 0.2) is 0 Å². The Morgan fingerprint density at radius 2 is 1.48 bits per heavy atom. The van der Waals surface area contributed by atoms with E-state index in [0.29, 0.717) is 0 Å². The van der Waals surface area contributed by atoms with Crippen molar-refractivity contribution in [2.75, 3.05) is 0 Å². The number of carboxylic acids is 1. The standard InChI is InChI=1S/C13H7N2O6/c16-13(17)9-6-4-8(5-7-9)12-10(14(18)19)2-1-3-11(12)15(20)21/h2-7H,(H,16,17). The molecule has 1 N–H and O–H groups in total. The van der Waals surface area contributed by atoms with E-state index in [2.05, 4.69) is 6.07 Å². The fraction of sp³-hybridized carbons (Fsp3) is 0. The molecule has 105 valence electrons. The molecule has 0 spiro atoms. The van der Waals surface area contributed by atoms with E-state index in [9.17, 15) is 25.0 Å². The molecule has 0 aliphatic carbocycles. The number of carbonyl (C=O) groups is 1. The molecular formula is C13H7N2O6. The van der Waals surface area contributed by atoms with Gasteiger partial charge in [0, 0.05) is 12.1 Å². The zero-order valence-electron chi connectivity index (χ0n) is 10.3. The van der Waals surface area contributed by atoms with Gasteiger partial charge >= 0.3 is 5.97 Å². The Kier molecular flexibility index (Phi) is 3.61. The van der Waals surface area contributed by atoms with Crippen LogP contribution in [0.3, 0.4) is 0 Å². The highest BCUT2D eigenvalue weighted by molar-refractivity contribution is 5.89. The van der Waals surface area contributed by atoms with Gasteiger partial charge in [-0.1, -0.05) is 12.1 Å². The number of nitro benzene ring substituents is 2. The first-order chi connectivity index (χ1) is 9.91. The van der Waals surface area contributed by atoms with Crippen LogP contribution in [0.2, 0.25) is 0 Å². The molecule has 0 saturated carbocycles. The number of carboxylic acid groups (broad SMARTS) is 1. The lowest BCUT2D eigenvalue weighted by atomic mass is 10.0. The molecule has 8 heteroatoms. The summed E-state index contributed by atoms with van der Waals surface area (Å²) in [6, 6.07) is 9.45. The van der Waals surface area contributed by atoms with Crippen LogP contribution in [-0.2, 0) is 0 Å². The molecule has 0 aromatic heterocycles. The third-order valence-electron chi connectivity index (χ3n) is 2.77. The van der Waals surface area contributed by atoms with Crippen LogP contribution >= 0.6 is 0 Å². The SMILES string of the molecule is O=C(O)c1ccc(-c2c([N+](=O)[O-])c[c]cc2[N+](=O)[O-])cc1. The molecule has 0 bridgehead atoms. The summed E-state index contributed by atoms with van der Waals surface area (Å²) in [5, 5.41) is 30.8. The van der Waals surface area contributed by atoms with Crippen molar-refractivity contribution < 1.29 is 19.7 Å². The number of hydrogen-bond acceptors (Lipinski definition) is 5. The zero-order chi connectivity index (χ0) is 15.6. The molecule has 21 heavy (non-hydrogen) atoms. The van der Waals surface area contributed by atoms with Gasteiger partial charge < -0.3 is 5.11 Å². The van der Waals surface area contributed by atoms with Crippen molar-refractivity contribution in [1.82, 2.24) is 0 Å². The average Bonchev–Trinajstić information content (AvgIpc) is 2.46. The average molecular weight is 287 g/mol. The molecule has 0 aliphatic rings. The Morgan fingerprint density at radius 3 is 1.86 bits per heavy atom. The van der Waals surface area contributed by atoms with Gasteiger partial charge in [-0.25, -0.2) is 4.79 Å². The lowest BCUT2D eigenvalue weighted by Crippen LogP contribution is -1.99. The van der Waals surface area contributed by atoms with Crippen molar-refractivity contribution in [3.05, 3.63) is 68.3 Å². The number of nitrogens with zero attached hydrogens (tertiary/aromatic N) is 2. The molecule has 2 rings (SSSR count). The summed E-state index contributed by atoms with van der Waals surface area (Å²) in [7, 11) is 0. The third-order valence-corrected chi connectivity index (χ3v) is 2.77. The predicted octanol–water partition coefficient (Wildman–Crippen LogP) is 2.67. The Balaban J connectivity index is 2.68. The topological polar surface area (TPSA) is 124 Å². The van der Waals surface area contributed by atoms with E-state index in [1.807, 2.05) is 0 Å². The van der Waals surface area contributed by atoms with Gasteiger partial charge in [0.25, 0.3) is 11.4 Å². The normalized spacial score (nSPS) is 10.1. The lowest BCUT2D eigenvalue weighted by molar-refractivity contribution is -0.392. The summed E-state index contributed by atoms with van der Waals surface area (Å²) in [6.45, 7) is 0. The molecule has 0 atom stereocenters. The zero-order valence-corrected chi connectivity index (χ0v) is 10.3. The first-order valence-electron chi connectivity index (χ1n) is 5.58. The van der Waals surface area contributed by atoms with Gasteiger partial charge in [0.05, 0.1) is 15.4 Å². The van der Waals surface area contributed by atoms with Crippen molar-refractivity contribution >= 4 is 17.3 Å². The molecule has 0 unspecified atom stereocenters. The molecule has 0 saturated heterocycles. The number of rotatable bonds is 4. The molecule has 1 radical (unpaired) electrons. The van der Waals surface area contributed by atoms with Crippen LogP contribution in [0.5, 0.6) is 0 Å². The van der Waals surface area contributed by atoms with Crippen molar-refractivity contribution in [2.45, 2.75) is 0 Å². The quantitative estimate of drug-likeness (QED) is 0.680. The monoisotopic (exact) mass is 287 g/mol. The van der Waals surface area contributed by atoms with Crippen LogP contribution in [0.25, 0.3) is 11.1 Å². The Morgan fingerprint density at radius 1 is 1.00 bits per heavy atom. The van der Waals surface area contributed by atoms with Crippen molar-refractivity contribution in [3.63, 3.8) is 0 Å². The second kappa shape index (κ2) is 5.37. The number of benzene rings is 2. The number of aromatic carboxylic acids is 1. The molecule has 0 aliphatic heterocycles. The van der Waals surface area contributed by atoms with E-state index >= 15 is 0 Å². The molecule has 0 fully saturated rings. The highest BCUT2D eigenvalue weighted by Crippen LogP contribution is 2.37. The summed E-state index contributed by atoms with van der Waals surface area (Å²) in [4.78, 5) is 31.3. The Hall–Kier alpha value is -3.29. The van der Waals surface area contributed by atoms with Gasteiger partial charge in [0.1, 0.15) is 5.56 Å². The molecule has 2 aromatic carbocycles. The van der Waals surface area contributed by atoms with E-state index in [1.165, 1.54) is 24.3 Å². The van der Waals surface area contributed by atoms with E-state index < -0.39 is 27.2 Å². The fourth-order valence-corrected chi connectivity index (χ4v) is 1.84. The lowest BCUT2D eigenvalue weighted by Gasteiger charge is -2.04. The van der Waals surface area contributed by atoms with Gasteiger partial charge in [-0.3, -0.25) is 20.2 Å². The highest BCUT2D eigenvalue weighted by Gasteiger charge is 2.26. The Bertz CT molecular complexity index is 707. The van der Waals surface area contributed by atoms with Crippen LogP contribution in [0.4, 0.5) is 11.4 Å². The van der Waals surface area contributed by atoms with E-state index in [-0.39, 0.29) is 16.7 Å². The van der Waals surface area contributed by atoms with Crippen molar-refractivity contribution in [2.24, 2.45) is 0 Å². The molecule has 2 aromatic rings. The summed E-state index contributed by atoms with van der Waals surface area (Å²) in [6.07, 6.45) is 0. The predicted molar refractivity (Wildman–Crippen MR) is 71.0 cm³/mol. The smallest absolute Gasteiger partial charge is 0.335 e. The van der Waals surface area contributed by atoms with Crippen LogP contribution in [0, 0.1) is 26.3 Å². The molecule has 0 heterocycles. The summed E-state index contributed by atoms with van der Waals surface area (Å²) >= 11 is 0. The second-order valence-corrected chi connectivity index (χ2v) is 4.00. The molecular weight excluding hydrogens is 280 g/mol. The minimum absolute atomic E-state index is 0.0217. The maximum atomic E-state index is 11.0. The minimum Gasteiger partial charge on any atom is -0.478 e. The maximum Gasteiger partial charge on any atom is 0.335 e. The summed E-state index contributed by atoms with van der Waals surface area (Å²) in [5.74, 6) is -1.16. The first-order valence-corrected chi connectivity index (χ1v) is 5.58. The summed E-state index contributed by atoms with van der Waals surface area (Å²) in [5.41, 5.74) is -0.945. The Labute approximate surface area is 117 Å². The first kappa shape index (κ1) is 14.1. The highest BCUT2D eigenvalue weighted by atomic mass is 16.6. The number of nitro groups is 2. The van der Waals surface area contributed by atoms with Crippen LogP contribution in [0.1, 0.15) is 10.4 Å². The van der Waals surface area contributed by atoms with E-state index in [1.54, 1.807) is 0 Å². The van der Waals surface area contributed by atoms with E-state index in [0.717, 1.165) is 12.1 Å². The largest absolute Gasteiger partial charge is 0.478 e. The van der Waals surface area contributed by atoms with Gasteiger partial charge in [-0.2, -0.15) is 0 Å². The summed E-state index contributed by atoms with van der Waals surface area (Å²) < 4.78 is 0. The minimum atomic E-state index is -1.16. The number of hydrogen-bond donors (Lipinski definition) is 1. The second-order valence-electron chi connectivity index (χ2n) is 4.00. The fourth-order valence-electron chi connectivity index (χ4n) is 1.84. The third kappa shape index (κ3) is 2.68. The van der Waals surface area contributed by atoms with Gasteiger partial charge in [-0.15, -0.1) is 0 Å². The van der Waals surface area contributed by atoms with Crippen LogP contribution in [0.15, 0.2) is 36.4 Å². The van der Waals surface area contributed by atoms with Crippen molar-refractivity contribution in [3.8, 4) is 11.1 Å².